The molecule has 0 radical (unpaired) electrons. The van der Waals surface area contributed by atoms with Crippen LogP contribution >= 0.6 is 23.2 Å². The maximum Gasteiger partial charge on any atom is 0.231 e. The van der Waals surface area contributed by atoms with Gasteiger partial charge in [-0.05, 0) is 12.1 Å². The first-order valence-corrected chi connectivity index (χ1v) is 13.3. The van der Waals surface area contributed by atoms with Crippen LogP contribution in [0.15, 0.2) is 11.2 Å². The van der Waals surface area contributed by atoms with Gasteiger partial charge >= 0.3 is 0 Å². The van der Waals surface area contributed by atoms with E-state index in [0.29, 0.717) is 12.1 Å². The van der Waals surface area contributed by atoms with E-state index in [2.05, 4.69) is 29.6 Å². The van der Waals surface area contributed by atoms with Crippen molar-refractivity contribution in [3.63, 3.8) is 0 Å². The molecule has 0 spiro atoms. The first kappa shape index (κ1) is 18.7. The highest BCUT2D eigenvalue weighted by atomic mass is 35.5. The number of aromatic nitrogens is 3. The van der Waals surface area contributed by atoms with Crippen molar-refractivity contribution in [3.8, 4) is 0 Å². The lowest BCUT2D eigenvalue weighted by Crippen LogP contribution is -2.22. The second-order valence-corrected chi connectivity index (χ2v) is 14.8. The number of ether oxygens (including phenoxy) is 1. The standard InChI is InChI=1S/C13H19Cl2N3O3SSi/c1-22(19,20)13-17-12-10(7-9(14)11(15)16-12)18(13)8-21-5-6-23(2,3)4/h7H,5-6,8H2,1-4H3. The molecule has 0 bridgehead atoms. The van der Waals surface area contributed by atoms with Crippen molar-refractivity contribution in [1.82, 2.24) is 14.5 Å². The molecular formula is C13H19Cl2N3O3SSi. The molecule has 10 heteroatoms. The highest BCUT2D eigenvalue weighted by Gasteiger charge is 2.22. The zero-order chi connectivity index (χ0) is 17.4. The Balaban J connectivity index is 2.37. The molecule has 0 aliphatic rings. The van der Waals surface area contributed by atoms with Gasteiger partial charge in [-0.15, -0.1) is 0 Å². The van der Waals surface area contributed by atoms with Gasteiger partial charge in [-0.2, -0.15) is 4.98 Å². The summed E-state index contributed by atoms with van der Waals surface area (Å²) in [7, 11) is -4.75. The van der Waals surface area contributed by atoms with Crippen LogP contribution in [0.25, 0.3) is 11.2 Å². The smallest absolute Gasteiger partial charge is 0.231 e. The lowest BCUT2D eigenvalue weighted by Gasteiger charge is -2.16. The largest absolute Gasteiger partial charge is 0.361 e. The number of sulfone groups is 1. The van der Waals surface area contributed by atoms with Crippen LogP contribution in [-0.2, 0) is 21.3 Å². The van der Waals surface area contributed by atoms with Gasteiger partial charge in [0.2, 0.25) is 15.0 Å². The fourth-order valence-electron chi connectivity index (χ4n) is 1.92. The molecular weight excluding hydrogens is 377 g/mol. The fourth-order valence-corrected chi connectivity index (χ4v) is 3.77. The molecule has 0 N–H and O–H groups in total. The van der Waals surface area contributed by atoms with Gasteiger partial charge in [-0.1, -0.05) is 42.8 Å². The molecule has 128 valence electrons. The Morgan fingerprint density at radius 2 is 1.91 bits per heavy atom. The summed E-state index contributed by atoms with van der Waals surface area (Å²) >= 11 is 11.9. The zero-order valence-corrected chi connectivity index (χ0v) is 16.8. The highest BCUT2D eigenvalue weighted by molar-refractivity contribution is 7.90. The Kier molecular flexibility index (Phi) is 5.42. The molecule has 2 rings (SSSR count). The number of fused-ring (bicyclic) bond motifs is 1. The Morgan fingerprint density at radius 1 is 1.26 bits per heavy atom. The number of nitrogens with zero attached hydrogens (tertiary/aromatic N) is 3. The first-order valence-electron chi connectivity index (χ1n) is 6.99. The minimum Gasteiger partial charge on any atom is -0.361 e. The second-order valence-electron chi connectivity index (χ2n) is 6.55. The second kappa shape index (κ2) is 6.68. The van der Waals surface area contributed by atoms with Gasteiger partial charge in [0.1, 0.15) is 11.9 Å². The SMILES string of the molecule is C[Si](C)(C)CCOCn1c(S(C)(=O)=O)nc2nc(Cl)c(Cl)cc21. The molecule has 2 heterocycles. The number of rotatable bonds is 6. The maximum absolute atomic E-state index is 12.0. The molecule has 2 aromatic rings. The van der Waals surface area contributed by atoms with Gasteiger partial charge in [0, 0.05) is 20.9 Å². The lowest BCUT2D eigenvalue weighted by molar-refractivity contribution is 0.0838. The lowest BCUT2D eigenvalue weighted by atomic mass is 10.4. The molecule has 0 saturated carbocycles. The summed E-state index contributed by atoms with van der Waals surface area (Å²) in [5.41, 5.74) is 0.710. The van der Waals surface area contributed by atoms with E-state index < -0.39 is 17.9 Å². The minimum absolute atomic E-state index is 0.0724. The van der Waals surface area contributed by atoms with Crippen molar-refractivity contribution in [2.45, 2.75) is 37.6 Å². The van der Waals surface area contributed by atoms with E-state index in [1.165, 1.54) is 4.57 Å². The third-order valence-corrected chi connectivity index (χ3v) is 6.52. The monoisotopic (exact) mass is 395 g/mol. The number of pyridine rings is 1. The normalized spacial score (nSPS) is 13.0. The van der Waals surface area contributed by atoms with Crippen LogP contribution in [0.1, 0.15) is 0 Å². The summed E-state index contributed by atoms with van der Waals surface area (Å²) in [5, 5.41) is 0.220. The summed E-state index contributed by atoms with van der Waals surface area (Å²) in [6, 6.07) is 2.54. The van der Waals surface area contributed by atoms with E-state index in [1.807, 2.05) is 0 Å². The van der Waals surface area contributed by atoms with Gasteiger partial charge in [0.25, 0.3) is 0 Å². The molecule has 0 aromatic carbocycles. The third-order valence-electron chi connectivity index (χ3n) is 3.17. The van der Waals surface area contributed by atoms with Crippen molar-refractivity contribution in [3.05, 3.63) is 16.2 Å². The zero-order valence-electron chi connectivity index (χ0n) is 13.4. The van der Waals surface area contributed by atoms with E-state index in [0.717, 1.165) is 12.3 Å². The van der Waals surface area contributed by atoms with Crippen LogP contribution in [0.2, 0.25) is 35.9 Å². The molecule has 0 atom stereocenters. The molecule has 0 unspecified atom stereocenters. The molecule has 2 aromatic heterocycles. The van der Waals surface area contributed by atoms with Crippen molar-refractivity contribution in [1.29, 1.82) is 0 Å². The maximum atomic E-state index is 12.0. The van der Waals surface area contributed by atoms with Crippen LogP contribution in [0.3, 0.4) is 0 Å². The van der Waals surface area contributed by atoms with E-state index in [-0.39, 0.29) is 27.7 Å². The molecule has 0 aliphatic heterocycles. The molecule has 0 fully saturated rings. The fraction of sp³-hybridized carbons (Fsp3) is 0.538. The van der Waals surface area contributed by atoms with Crippen molar-refractivity contribution in [2.24, 2.45) is 0 Å². The number of hydrogen-bond donors (Lipinski definition) is 0. The van der Waals surface area contributed by atoms with Crippen LogP contribution in [-0.4, -0.2) is 43.9 Å². The Bertz CT molecular complexity index is 831. The van der Waals surface area contributed by atoms with E-state index in [1.54, 1.807) is 6.07 Å². The highest BCUT2D eigenvalue weighted by Crippen LogP contribution is 2.26. The predicted molar refractivity (Wildman–Crippen MR) is 94.8 cm³/mol. The van der Waals surface area contributed by atoms with Crippen molar-refractivity contribution < 1.29 is 13.2 Å². The van der Waals surface area contributed by atoms with Crippen molar-refractivity contribution >= 4 is 52.3 Å². The van der Waals surface area contributed by atoms with E-state index in [4.69, 9.17) is 27.9 Å². The molecule has 0 amide bonds. The summed E-state index contributed by atoms with van der Waals surface area (Å²) in [6.07, 6.45) is 1.09. The van der Waals surface area contributed by atoms with Gasteiger partial charge in [-0.3, -0.25) is 4.57 Å². The van der Waals surface area contributed by atoms with Crippen molar-refractivity contribution in [2.75, 3.05) is 12.9 Å². The number of halogens is 2. The average Bonchev–Trinajstić information content (AvgIpc) is 2.72. The molecule has 23 heavy (non-hydrogen) atoms. The average molecular weight is 396 g/mol. The number of imidazole rings is 1. The third kappa shape index (κ3) is 4.66. The van der Waals surface area contributed by atoms with Crippen LogP contribution < -0.4 is 0 Å². The molecule has 6 nitrogen and oxygen atoms in total. The van der Waals surface area contributed by atoms with E-state index >= 15 is 0 Å². The van der Waals surface area contributed by atoms with Gasteiger partial charge < -0.3 is 4.74 Å². The summed E-state index contributed by atoms with van der Waals surface area (Å²) < 4.78 is 31.0. The first-order chi connectivity index (χ1) is 10.5. The summed E-state index contributed by atoms with van der Waals surface area (Å²) in [4.78, 5) is 8.09. The quantitative estimate of drug-likeness (QED) is 0.425. The predicted octanol–water partition coefficient (Wildman–Crippen LogP) is 3.45. The van der Waals surface area contributed by atoms with Gasteiger partial charge in [0.05, 0.1) is 10.5 Å². The summed E-state index contributed by atoms with van der Waals surface area (Å²) in [6.45, 7) is 7.38. The molecule has 0 saturated heterocycles. The minimum atomic E-state index is -3.53. The molecule has 0 aliphatic carbocycles. The Morgan fingerprint density at radius 3 is 2.48 bits per heavy atom. The number of hydrogen-bond acceptors (Lipinski definition) is 5. The van der Waals surface area contributed by atoms with Crippen LogP contribution in [0.4, 0.5) is 0 Å². The Labute approximate surface area is 146 Å². The van der Waals surface area contributed by atoms with Gasteiger partial charge in [-0.25, -0.2) is 13.4 Å². The summed E-state index contributed by atoms with van der Waals surface area (Å²) in [5.74, 6) is 0. The van der Waals surface area contributed by atoms with E-state index in [9.17, 15) is 8.42 Å². The topological polar surface area (TPSA) is 74.1 Å². The van der Waals surface area contributed by atoms with Crippen LogP contribution in [0, 0.1) is 0 Å². The van der Waals surface area contributed by atoms with Crippen LogP contribution in [0.5, 0.6) is 0 Å². The van der Waals surface area contributed by atoms with Gasteiger partial charge in [0.15, 0.2) is 5.65 Å². The Hall–Kier alpha value is -0.673.